The third kappa shape index (κ3) is 2.88. The molecule has 0 atom stereocenters. The van der Waals surface area contributed by atoms with Gasteiger partial charge in [-0.15, -0.1) is 0 Å². The number of hydrogen-bond acceptors (Lipinski definition) is 3. The van der Waals surface area contributed by atoms with E-state index in [1.807, 2.05) is 6.07 Å². The fraction of sp³-hybridized carbons (Fsp3) is 0.286. The molecule has 1 aromatic heterocycles. The Morgan fingerprint density at radius 3 is 2.48 bits per heavy atom. The number of benzene rings is 2. The van der Waals surface area contributed by atoms with Crippen LogP contribution in [-0.2, 0) is 5.54 Å². The van der Waals surface area contributed by atoms with E-state index in [0.717, 1.165) is 41.5 Å². The monoisotopic (exact) mass is 351 g/mol. The van der Waals surface area contributed by atoms with Crippen LogP contribution >= 0.6 is 11.6 Å². The van der Waals surface area contributed by atoms with Crippen LogP contribution in [0.4, 0.5) is 5.69 Å². The fourth-order valence-electron chi connectivity index (χ4n) is 3.55. The van der Waals surface area contributed by atoms with Gasteiger partial charge in [-0.2, -0.15) is 0 Å². The van der Waals surface area contributed by atoms with Gasteiger partial charge in [-0.25, -0.2) is 0 Å². The molecule has 4 heteroatoms. The number of aromatic nitrogens is 1. The van der Waals surface area contributed by atoms with Crippen molar-refractivity contribution in [1.82, 2.24) is 4.98 Å². The molecule has 128 valence electrons. The van der Waals surface area contributed by atoms with Gasteiger partial charge in [-0.1, -0.05) is 41.9 Å². The van der Waals surface area contributed by atoms with Crippen molar-refractivity contribution < 1.29 is 0 Å². The number of nitrogens with two attached hydrogens (primary N) is 1. The van der Waals surface area contributed by atoms with E-state index in [9.17, 15) is 0 Å². The Hall–Kier alpha value is -2.10. The standard InChI is InChI=1S/C21H22ClN3/c1-2-24-20-17-12-15(6-9-19(17)25-13-18(20)22)14-4-7-16(8-5-14)21(23)10-3-11-21/h4-9,12-13H,2-3,10-11,23H2,1H3,(H,24,25). The van der Waals surface area contributed by atoms with Gasteiger partial charge in [0.1, 0.15) is 0 Å². The number of halogens is 1. The molecule has 0 spiro atoms. The smallest absolute Gasteiger partial charge is 0.0827 e. The summed E-state index contributed by atoms with van der Waals surface area (Å²) in [5, 5.41) is 5.05. The molecule has 0 radical (unpaired) electrons. The zero-order chi connectivity index (χ0) is 17.4. The normalized spacial score (nSPS) is 15.8. The van der Waals surface area contributed by atoms with Gasteiger partial charge in [0.2, 0.25) is 0 Å². The maximum atomic E-state index is 6.43. The first-order chi connectivity index (χ1) is 12.1. The van der Waals surface area contributed by atoms with Crippen LogP contribution in [0, 0.1) is 0 Å². The van der Waals surface area contributed by atoms with Crippen LogP contribution in [0.5, 0.6) is 0 Å². The lowest BCUT2D eigenvalue weighted by molar-refractivity contribution is 0.253. The predicted molar refractivity (Wildman–Crippen MR) is 106 cm³/mol. The minimum absolute atomic E-state index is 0.114. The summed E-state index contributed by atoms with van der Waals surface area (Å²) in [5.74, 6) is 0. The molecule has 1 saturated carbocycles. The van der Waals surface area contributed by atoms with Crippen molar-refractivity contribution in [2.75, 3.05) is 11.9 Å². The summed E-state index contributed by atoms with van der Waals surface area (Å²) < 4.78 is 0. The molecule has 1 aliphatic carbocycles. The second-order valence-electron chi connectivity index (χ2n) is 6.83. The predicted octanol–water partition coefficient (Wildman–Crippen LogP) is 5.32. The van der Waals surface area contributed by atoms with Crippen molar-refractivity contribution in [3.8, 4) is 11.1 Å². The Labute approximate surface area is 153 Å². The molecule has 0 aliphatic heterocycles. The molecule has 3 N–H and O–H groups in total. The number of pyridine rings is 1. The third-order valence-corrected chi connectivity index (χ3v) is 5.50. The molecular weight excluding hydrogens is 330 g/mol. The average Bonchev–Trinajstić information content (AvgIpc) is 2.62. The molecule has 3 aromatic rings. The molecule has 1 heterocycles. The van der Waals surface area contributed by atoms with Gasteiger partial charge < -0.3 is 11.1 Å². The zero-order valence-corrected chi connectivity index (χ0v) is 15.1. The molecule has 3 nitrogen and oxygen atoms in total. The van der Waals surface area contributed by atoms with E-state index in [4.69, 9.17) is 17.3 Å². The number of nitrogens with zero attached hydrogens (tertiary/aromatic N) is 1. The number of anilines is 1. The lowest BCUT2D eigenvalue weighted by atomic mass is 9.72. The Kier molecular flexibility index (Phi) is 4.14. The quantitative estimate of drug-likeness (QED) is 0.668. The van der Waals surface area contributed by atoms with E-state index in [-0.39, 0.29) is 5.54 Å². The third-order valence-electron chi connectivity index (χ3n) is 5.21. The summed E-state index contributed by atoms with van der Waals surface area (Å²) >= 11 is 6.33. The van der Waals surface area contributed by atoms with Crippen molar-refractivity contribution >= 4 is 28.2 Å². The zero-order valence-electron chi connectivity index (χ0n) is 14.3. The molecule has 2 aromatic carbocycles. The average molecular weight is 352 g/mol. The van der Waals surface area contributed by atoms with E-state index in [2.05, 4.69) is 53.6 Å². The van der Waals surface area contributed by atoms with E-state index >= 15 is 0 Å². The Morgan fingerprint density at radius 1 is 1.12 bits per heavy atom. The molecule has 1 aliphatic rings. The van der Waals surface area contributed by atoms with Gasteiger partial charge in [0, 0.05) is 23.7 Å². The molecule has 0 saturated heterocycles. The Balaban J connectivity index is 1.75. The largest absolute Gasteiger partial charge is 0.384 e. The summed E-state index contributed by atoms with van der Waals surface area (Å²) in [6, 6.07) is 15.0. The first-order valence-corrected chi connectivity index (χ1v) is 9.20. The second-order valence-corrected chi connectivity index (χ2v) is 7.24. The van der Waals surface area contributed by atoms with Gasteiger partial charge >= 0.3 is 0 Å². The van der Waals surface area contributed by atoms with Crippen molar-refractivity contribution in [3.05, 3.63) is 59.2 Å². The molecule has 0 amide bonds. The SMILES string of the molecule is CCNc1c(Cl)cnc2ccc(-c3ccc(C4(N)CCC4)cc3)cc12. The number of hydrogen-bond donors (Lipinski definition) is 2. The molecule has 1 fully saturated rings. The van der Waals surface area contributed by atoms with Crippen LogP contribution in [0.25, 0.3) is 22.0 Å². The highest BCUT2D eigenvalue weighted by Crippen LogP contribution is 2.39. The number of rotatable bonds is 4. The minimum atomic E-state index is -0.114. The number of fused-ring (bicyclic) bond motifs is 1. The fourth-order valence-corrected chi connectivity index (χ4v) is 3.76. The maximum absolute atomic E-state index is 6.43. The first kappa shape index (κ1) is 16.4. The molecular formula is C21H22ClN3. The van der Waals surface area contributed by atoms with Crippen molar-refractivity contribution in [1.29, 1.82) is 0 Å². The summed E-state index contributed by atoms with van der Waals surface area (Å²) in [6.07, 6.45) is 5.09. The van der Waals surface area contributed by atoms with Crippen LogP contribution < -0.4 is 11.1 Å². The van der Waals surface area contributed by atoms with Crippen LogP contribution in [0.15, 0.2) is 48.7 Å². The van der Waals surface area contributed by atoms with Gasteiger partial charge in [-0.3, -0.25) is 4.98 Å². The van der Waals surface area contributed by atoms with Crippen molar-refractivity contribution in [2.45, 2.75) is 31.7 Å². The van der Waals surface area contributed by atoms with E-state index in [1.165, 1.54) is 17.5 Å². The lowest BCUT2D eigenvalue weighted by Crippen LogP contribution is -2.43. The van der Waals surface area contributed by atoms with E-state index in [1.54, 1.807) is 6.20 Å². The van der Waals surface area contributed by atoms with Crippen molar-refractivity contribution in [2.24, 2.45) is 5.73 Å². The molecule has 0 bridgehead atoms. The van der Waals surface area contributed by atoms with Crippen LogP contribution in [0.2, 0.25) is 5.02 Å². The number of nitrogens with one attached hydrogen (secondary N) is 1. The molecule has 0 unspecified atom stereocenters. The summed E-state index contributed by atoms with van der Waals surface area (Å²) in [7, 11) is 0. The second kappa shape index (κ2) is 6.32. The lowest BCUT2D eigenvalue weighted by Gasteiger charge is -2.38. The highest BCUT2D eigenvalue weighted by molar-refractivity contribution is 6.34. The summed E-state index contributed by atoms with van der Waals surface area (Å²) in [6.45, 7) is 2.88. The van der Waals surface area contributed by atoms with Gasteiger partial charge in [0.15, 0.2) is 0 Å². The van der Waals surface area contributed by atoms with Gasteiger partial charge in [-0.05, 0) is 55.0 Å². The minimum Gasteiger partial charge on any atom is -0.384 e. The van der Waals surface area contributed by atoms with Crippen molar-refractivity contribution in [3.63, 3.8) is 0 Å². The highest BCUT2D eigenvalue weighted by Gasteiger charge is 2.33. The first-order valence-electron chi connectivity index (χ1n) is 8.83. The highest BCUT2D eigenvalue weighted by atomic mass is 35.5. The molecule has 4 rings (SSSR count). The molecule has 25 heavy (non-hydrogen) atoms. The summed E-state index contributed by atoms with van der Waals surface area (Å²) in [5.41, 5.74) is 11.8. The Bertz CT molecular complexity index is 914. The summed E-state index contributed by atoms with van der Waals surface area (Å²) in [4.78, 5) is 4.44. The maximum Gasteiger partial charge on any atom is 0.0827 e. The van der Waals surface area contributed by atoms with E-state index < -0.39 is 0 Å². The van der Waals surface area contributed by atoms with Crippen LogP contribution in [0.3, 0.4) is 0 Å². The van der Waals surface area contributed by atoms with Gasteiger partial charge in [0.25, 0.3) is 0 Å². The van der Waals surface area contributed by atoms with Crippen LogP contribution in [-0.4, -0.2) is 11.5 Å². The van der Waals surface area contributed by atoms with Gasteiger partial charge in [0.05, 0.1) is 16.2 Å². The Morgan fingerprint density at radius 2 is 1.84 bits per heavy atom. The topological polar surface area (TPSA) is 50.9 Å². The van der Waals surface area contributed by atoms with Crippen LogP contribution in [0.1, 0.15) is 31.7 Å². The van der Waals surface area contributed by atoms with E-state index in [0.29, 0.717) is 5.02 Å².